The van der Waals surface area contributed by atoms with Gasteiger partial charge in [-0.1, -0.05) is 32.4 Å². The van der Waals surface area contributed by atoms with Crippen LogP contribution in [-0.4, -0.2) is 54.0 Å². The van der Waals surface area contributed by atoms with Crippen LogP contribution >= 0.6 is 11.6 Å². The maximum atomic E-state index is 13.0. The molecule has 0 N–H and O–H groups in total. The first-order valence-corrected chi connectivity index (χ1v) is 9.96. The first-order valence-electron chi connectivity index (χ1n) is 9.58. The molecule has 0 radical (unpaired) electrons. The van der Waals surface area contributed by atoms with E-state index in [0.29, 0.717) is 36.0 Å². The van der Waals surface area contributed by atoms with E-state index in [4.69, 9.17) is 20.8 Å². The van der Waals surface area contributed by atoms with Gasteiger partial charge in [-0.15, -0.1) is 0 Å². The maximum absolute atomic E-state index is 13.0. The fraction of sp³-hybridized carbons (Fsp3) is 0.524. The van der Waals surface area contributed by atoms with Gasteiger partial charge in [0.1, 0.15) is 11.5 Å². The smallest absolute Gasteiger partial charge is 0.257 e. The van der Waals surface area contributed by atoms with Gasteiger partial charge in [0.25, 0.3) is 5.91 Å². The molecule has 152 valence electrons. The summed E-state index contributed by atoms with van der Waals surface area (Å²) in [5.74, 6) is 2.11. The third-order valence-electron chi connectivity index (χ3n) is 4.92. The minimum Gasteiger partial charge on any atom is -0.496 e. The first-order chi connectivity index (χ1) is 13.3. The largest absolute Gasteiger partial charge is 0.496 e. The summed E-state index contributed by atoms with van der Waals surface area (Å²) in [6.45, 7) is 9.97. The number of methoxy groups -OCH3 is 1. The molecule has 0 bridgehead atoms. The Morgan fingerprint density at radius 2 is 2.04 bits per heavy atom. The van der Waals surface area contributed by atoms with E-state index in [2.05, 4.69) is 30.7 Å². The minimum absolute atomic E-state index is 0.0488. The van der Waals surface area contributed by atoms with E-state index in [1.54, 1.807) is 25.3 Å². The number of hydrogen-bond acceptors (Lipinski definition) is 5. The van der Waals surface area contributed by atoms with Gasteiger partial charge in [0.2, 0.25) is 5.89 Å². The van der Waals surface area contributed by atoms with Crippen molar-refractivity contribution in [2.45, 2.75) is 39.2 Å². The number of rotatable bonds is 4. The van der Waals surface area contributed by atoms with E-state index >= 15 is 0 Å². The Morgan fingerprint density at radius 1 is 1.25 bits per heavy atom. The van der Waals surface area contributed by atoms with Crippen LogP contribution in [-0.2, 0) is 12.0 Å². The summed E-state index contributed by atoms with van der Waals surface area (Å²) in [6.07, 6.45) is 2.70. The number of oxazole rings is 1. The van der Waals surface area contributed by atoms with Crippen LogP contribution < -0.4 is 4.74 Å². The van der Waals surface area contributed by atoms with Gasteiger partial charge in [-0.2, -0.15) is 0 Å². The van der Waals surface area contributed by atoms with Crippen molar-refractivity contribution in [3.8, 4) is 5.75 Å². The number of amides is 1. The predicted molar refractivity (Wildman–Crippen MR) is 109 cm³/mol. The summed E-state index contributed by atoms with van der Waals surface area (Å²) in [6, 6.07) is 5.13. The number of nitrogens with zero attached hydrogens (tertiary/aromatic N) is 3. The molecule has 0 atom stereocenters. The molecule has 7 heteroatoms. The third kappa shape index (κ3) is 4.86. The van der Waals surface area contributed by atoms with Crippen LogP contribution in [0.4, 0.5) is 0 Å². The number of halogens is 1. The molecule has 1 aliphatic heterocycles. The van der Waals surface area contributed by atoms with Crippen molar-refractivity contribution in [1.82, 2.24) is 14.8 Å². The highest BCUT2D eigenvalue weighted by molar-refractivity contribution is 6.31. The minimum atomic E-state index is -0.0523. The molecule has 1 aromatic heterocycles. The molecular formula is C21H28ClN3O3. The van der Waals surface area contributed by atoms with Crippen LogP contribution in [0.1, 0.15) is 49.2 Å². The van der Waals surface area contributed by atoms with Crippen molar-refractivity contribution in [1.29, 1.82) is 0 Å². The fourth-order valence-corrected chi connectivity index (χ4v) is 3.44. The molecule has 1 aromatic carbocycles. The first kappa shape index (κ1) is 20.7. The zero-order chi connectivity index (χ0) is 20.3. The molecule has 1 aliphatic rings. The van der Waals surface area contributed by atoms with Crippen molar-refractivity contribution in [2.75, 3.05) is 33.3 Å². The summed E-state index contributed by atoms with van der Waals surface area (Å²) in [5, 5.41) is 0.527. The van der Waals surface area contributed by atoms with Gasteiger partial charge >= 0.3 is 0 Å². The molecular weight excluding hydrogens is 378 g/mol. The van der Waals surface area contributed by atoms with Gasteiger partial charge in [-0.25, -0.2) is 4.98 Å². The molecule has 2 heterocycles. The van der Waals surface area contributed by atoms with E-state index in [1.807, 2.05) is 11.1 Å². The second kappa shape index (κ2) is 8.53. The fourth-order valence-electron chi connectivity index (χ4n) is 3.27. The van der Waals surface area contributed by atoms with Crippen molar-refractivity contribution < 1.29 is 13.9 Å². The molecule has 2 aromatic rings. The lowest BCUT2D eigenvalue weighted by atomic mass is 9.94. The van der Waals surface area contributed by atoms with Crippen LogP contribution in [0.5, 0.6) is 5.75 Å². The number of aromatic nitrogens is 1. The highest BCUT2D eigenvalue weighted by Crippen LogP contribution is 2.25. The monoisotopic (exact) mass is 405 g/mol. The highest BCUT2D eigenvalue weighted by Gasteiger charge is 2.24. The second-order valence-corrected chi connectivity index (χ2v) is 8.57. The molecule has 3 rings (SSSR count). The molecule has 6 nitrogen and oxygen atoms in total. The number of carbonyl (C=O) groups excluding carboxylic acids is 1. The maximum Gasteiger partial charge on any atom is 0.257 e. The van der Waals surface area contributed by atoms with Crippen molar-refractivity contribution in [3.05, 3.63) is 46.6 Å². The van der Waals surface area contributed by atoms with E-state index in [9.17, 15) is 4.79 Å². The lowest BCUT2D eigenvalue weighted by Crippen LogP contribution is -2.35. The Hall–Kier alpha value is -2.05. The summed E-state index contributed by atoms with van der Waals surface area (Å²) in [4.78, 5) is 21.6. The lowest BCUT2D eigenvalue weighted by molar-refractivity contribution is 0.0757. The average molecular weight is 406 g/mol. The van der Waals surface area contributed by atoms with E-state index in [-0.39, 0.29) is 11.3 Å². The molecule has 0 saturated carbocycles. The molecule has 28 heavy (non-hydrogen) atoms. The quantitative estimate of drug-likeness (QED) is 0.769. The zero-order valence-electron chi connectivity index (χ0n) is 17.0. The topological polar surface area (TPSA) is 58.8 Å². The van der Waals surface area contributed by atoms with Crippen LogP contribution in [0.15, 0.2) is 28.8 Å². The predicted octanol–water partition coefficient (Wildman–Crippen LogP) is 3.98. The molecule has 1 fully saturated rings. The standard InChI is InChI=1S/C21H28ClN3O3/c1-21(2,3)18-13-23-19(28-18)14-24-8-5-9-25(11-10-24)20(26)16-12-15(22)6-7-17(16)27-4/h6-7,12-13H,5,8-11,14H2,1-4H3. The van der Waals surface area contributed by atoms with Crippen LogP contribution in [0.25, 0.3) is 0 Å². The molecule has 0 spiro atoms. The molecule has 1 saturated heterocycles. The molecule has 0 aliphatic carbocycles. The Morgan fingerprint density at radius 3 is 2.71 bits per heavy atom. The summed E-state index contributed by atoms with van der Waals surface area (Å²) < 4.78 is 11.3. The second-order valence-electron chi connectivity index (χ2n) is 8.13. The zero-order valence-corrected chi connectivity index (χ0v) is 17.8. The Kier molecular flexibility index (Phi) is 6.30. The van der Waals surface area contributed by atoms with Gasteiger partial charge in [0, 0.05) is 36.6 Å². The lowest BCUT2D eigenvalue weighted by Gasteiger charge is -2.22. The number of hydrogen-bond donors (Lipinski definition) is 0. The van der Waals surface area contributed by atoms with Crippen molar-refractivity contribution >= 4 is 17.5 Å². The van der Waals surface area contributed by atoms with Crippen LogP contribution in [0.2, 0.25) is 5.02 Å². The Labute approximate surface area is 171 Å². The van der Waals surface area contributed by atoms with Gasteiger partial charge in [0.15, 0.2) is 0 Å². The SMILES string of the molecule is COc1ccc(Cl)cc1C(=O)N1CCCN(Cc2ncc(C(C)(C)C)o2)CC1. The third-order valence-corrected chi connectivity index (χ3v) is 5.15. The average Bonchev–Trinajstić information content (AvgIpc) is 3.00. The van der Waals surface area contributed by atoms with Gasteiger partial charge in [-0.3, -0.25) is 9.69 Å². The summed E-state index contributed by atoms with van der Waals surface area (Å²) >= 11 is 6.08. The van der Waals surface area contributed by atoms with E-state index in [0.717, 1.165) is 31.2 Å². The molecule has 1 amide bonds. The van der Waals surface area contributed by atoms with Crippen molar-refractivity contribution in [3.63, 3.8) is 0 Å². The van der Waals surface area contributed by atoms with Crippen molar-refractivity contribution in [2.24, 2.45) is 0 Å². The van der Waals surface area contributed by atoms with Gasteiger partial charge in [0.05, 0.1) is 25.4 Å². The van der Waals surface area contributed by atoms with E-state index in [1.165, 1.54) is 0 Å². The Bertz CT molecular complexity index is 829. The van der Waals surface area contributed by atoms with Gasteiger partial charge < -0.3 is 14.1 Å². The normalized spacial score (nSPS) is 16.1. The van der Waals surface area contributed by atoms with Crippen LogP contribution in [0, 0.1) is 0 Å². The van der Waals surface area contributed by atoms with E-state index < -0.39 is 0 Å². The van der Waals surface area contributed by atoms with Crippen LogP contribution in [0.3, 0.4) is 0 Å². The number of carbonyl (C=O) groups is 1. The number of benzene rings is 1. The molecule has 0 unspecified atom stereocenters. The summed E-state index contributed by atoms with van der Waals surface area (Å²) in [7, 11) is 1.56. The highest BCUT2D eigenvalue weighted by atomic mass is 35.5. The van der Waals surface area contributed by atoms with Gasteiger partial charge in [-0.05, 0) is 24.6 Å². The number of ether oxygens (including phenoxy) is 1. The Balaban J connectivity index is 1.64. The summed E-state index contributed by atoms with van der Waals surface area (Å²) in [5.41, 5.74) is 0.453.